The van der Waals surface area contributed by atoms with Gasteiger partial charge in [0.2, 0.25) is 5.96 Å². The van der Waals surface area contributed by atoms with Gasteiger partial charge in [0, 0.05) is 32.4 Å². The summed E-state index contributed by atoms with van der Waals surface area (Å²) in [6.45, 7) is 3.14. The van der Waals surface area contributed by atoms with Crippen LogP contribution in [0.25, 0.3) is 0 Å². The number of anilines is 1. The van der Waals surface area contributed by atoms with Gasteiger partial charge >= 0.3 is 0 Å². The summed E-state index contributed by atoms with van der Waals surface area (Å²) in [5.74, 6) is 1.15. The smallest absolute Gasteiger partial charge is 0.233 e. The Balaban J connectivity index is 1.96. The molecule has 6 nitrogen and oxygen atoms in total. The molecule has 1 aromatic rings. The van der Waals surface area contributed by atoms with E-state index >= 15 is 0 Å². The Morgan fingerprint density at radius 2 is 2.06 bits per heavy atom. The van der Waals surface area contributed by atoms with Gasteiger partial charge in [-0.2, -0.15) is 0 Å². The highest BCUT2D eigenvalue weighted by molar-refractivity contribution is 5.77. The first-order chi connectivity index (χ1) is 7.81. The van der Waals surface area contributed by atoms with Gasteiger partial charge in [-0.3, -0.25) is 0 Å². The van der Waals surface area contributed by atoms with E-state index < -0.39 is 0 Å². The lowest BCUT2D eigenvalue weighted by molar-refractivity contribution is 0.293. The van der Waals surface area contributed by atoms with E-state index in [1.165, 1.54) is 0 Å². The molecule has 0 aromatic carbocycles. The zero-order chi connectivity index (χ0) is 11.4. The fourth-order valence-electron chi connectivity index (χ4n) is 1.77. The van der Waals surface area contributed by atoms with Crippen molar-refractivity contribution < 1.29 is 5.21 Å². The van der Waals surface area contributed by atoms with Gasteiger partial charge in [0.25, 0.3) is 0 Å². The second kappa shape index (κ2) is 4.69. The number of rotatable bonds is 1. The van der Waals surface area contributed by atoms with Gasteiger partial charge in [-0.15, -0.1) is 0 Å². The number of guanidine groups is 1. The molecule has 16 heavy (non-hydrogen) atoms. The normalized spacial score (nSPS) is 17.6. The van der Waals surface area contributed by atoms with E-state index in [4.69, 9.17) is 10.9 Å². The predicted molar refractivity (Wildman–Crippen MR) is 61.4 cm³/mol. The Bertz CT molecular complexity index is 359. The van der Waals surface area contributed by atoms with E-state index in [0.29, 0.717) is 0 Å². The Hall–Kier alpha value is -1.98. The zero-order valence-corrected chi connectivity index (χ0v) is 8.95. The molecule has 1 aliphatic heterocycles. The maximum atomic E-state index is 8.57. The van der Waals surface area contributed by atoms with Crippen molar-refractivity contribution in [1.29, 1.82) is 0 Å². The Kier molecular flexibility index (Phi) is 3.09. The second-order valence-electron chi connectivity index (χ2n) is 3.62. The lowest BCUT2D eigenvalue weighted by Gasteiger charge is -2.35. The van der Waals surface area contributed by atoms with Gasteiger partial charge in [-0.1, -0.05) is 11.2 Å². The number of nitrogens with two attached hydrogens (primary N) is 1. The van der Waals surface area contributed by atoms with E-state index in [-0.39, 0.29) is 5.96 Å². The van der Waals surface area contributed by atoms with Crippen molar-refractivity contribution in [2.45, 2.75) is 0 Å². The van der Waals surface area contributed by atoms with Crippen molar-refractivity contribution in [2.75, 3.05) is 31.1 Å². The van der Waals surface area contributed by atoms with Crippen LogP contribution in [0.2, 0.25) is 0 Å². The summed E-state index contributed by atoms with van der Waals surface area (Å²) in [6.07, 6.45) is 1.78. The summed E-state index contributed by atoms with van der Waals surface area (Å²) in [5.41, 5.74) is 5.52. The van der Waals surface area contributed by atoms with Gasteiger partial charge in [-0.25, -0.2) is 4.98 Å². The van der Waals surface area contributed by atoms with Crippen LogP contribution in [0.5, 0.6) is 0 Å². The third kappa shape index (κ3) is 2.16. The first-order valence-electron chi connectivity index (χ1n) is 5.19. The second-order valence-corrected chi connectivity index (χ2v) is 3.62. The molecule has 0 saturated carbocycles. The molecule has 0 unspecified atom stereocenters. The van der Waals surface area contributed by atoms with Crippen LogP contribution in [0.3, 0.4) is 0 Å². The zero-order valence-electron chi connectivity index (χ0n) is 8.95. The summed E-state index contributed by atoms with van der Waals surface area (Å²) < 4.78 is 0. The van der Waals surface area contributed by atoms with Crippen LogP contribution in [-0.2, 0) is 0 Å². The maximum Gasteiger partial charge on any atom is 0.233 e. The van der Waals surface area contributed by atoms with Crippen LogP contribution in [0, 0.1) is 0 Å². The van der Waals surface area contributed by atoms with Gasteiger partial charge in [0.05, 0.1) is 0 Å². The molecule has 2 heterocycles. The minimum Gasteiger partial charge on any atom is -0.408 e. The van der Waals surface area contributed by atoms with Gasteiger partial charge in [0.15, 0.2) is 0 Å². The van der Waals surface area contributed by atoms with Crippen molar-refractivity contribution in [1.82, 2.24) is 9.88 Å². The van der Waals surface area contributed by atoms with Gasteiger partial charge < -0.3 is 20.7 Å². The highest BCUT2D eigenvalue weighted by atomic mass is 16.4. The summed E-state index contributed by atoms with van der Waals surface area (Å²) in [7, 11) is 0. The van der Waals surface area contributed by atoms with Crippen LogP contribution in [0.1, 0.15) is 0 Å². The molecule has 0 atom stereocenters. The van der Waals surface area contributed by atoms with Crippen LogP contribution in [0.4, 0.5) is 5.82 Å². The number of pyridine rings is 1. The van der Waals surface area contributed by atoms with Crippen molar-refractivity contribution in [2.24, 2.45) is 10.9 Å². The predicted octanol–water partition coefficient (Wildman–Crippen LogP) is -0.0925. The van der Waals surface area contributed by atoms with Crippen LogP contribution in [-0.4, -0.2) is 47.2 Å². The molecule has 2 rings (SSSR count). The van der Waals surface area contributed by atoms with E-state index in [0.717, 1.165) is 32.0 Å². The lowest BCUT2D eigenvalue weighted by Crippen LogP contribution is -2.51. The minimum atomic E-state index is 0.181. The third-order valence-electron chi connectivity index (χ3n) is 2.68. The first kappa shape index (κ1) is 10.5. The molecular formula is C10H15N5O. The van der Waals surface area contributed by atoms with Crippen molar-refractivity contribution in [3.63, 3.8) is 0 Å². The number of hydrogen-bond acceptors (Lipinski definition) is 4. The molecule has 0 amide bonds. The Morgan fingerprint density at radius 3 is 2.62 bits per heavy atom. The Labute approximate surface area is 94.0 Å². The summed E-state index contributed by atoms with van der Waals surface area (Å²) in [6, 6.07) is 5.85. The standard InChI is InChI=1S/C10H15N5O/c11-10(13-16)15-7-5-14(6-8-15)9-3-1-2-4-12-9/h1-4,16H,5-8H2,(H2,11,13). The highest BCUT2D eigenvalue weighted by Crippen LogP contribution is 2.11. The third-order valence-corrected chi connectivity index (χ3v) is 2.68. The molecule has 1 fully saturated rings. The van der Waals surface area contributed by atoms with Crippen LogP contribution >= 0.6 is 0 Å². The maximum absolute atomic E-state index is 8.57. The molecule has 1 aromatic heterocycles. The highest BCUT2D eigenvalue weighted by Gasteiger charge is 2.18. The molecule has 0 radical (unpaired) electrons. The lowest BCUT2D eigenvalue weighted by atomic mass is 10.3. The number of oxime groups is 1. The Morgan fingerprint density at radius 1 is 1.31 bits per heavy atom. The molecule has 86 valence electrons. The fourth-order valence-corrected chi connectivity index (χ4v) is 1.77. The van der Waals surface area contributed by atoms with Crippen molar-refractivity contribution in [3.05, 3.63) is 24.4 Å². The number of hydrogen-bond donors (Lipinski definition) is 2. The molecule has 1 aliphatic rings. The average molecular weight is 221 g/mol. The van der Waals surface area contributed by atoms with Gasteiger partial charge in [0.1, 0.15) is 5.82 Å². The average Bonchev–Trinajstić information content (AvgIpc) is 2.39. The SMILES string of the molecule is NC(=NO)N1CCN(c2ccccn2)CC1. The molecular weight excluding hydrogens is 206 g/mol. The molecule has 0 spiro atoms. The molecule has 3 N–H and O–H groups in total. The quantitative estimate of drug-likeness (QED) is 0.300. The van der Waals surface area contributed by atoms with Crippen molar-refractivity contribution in [3.8, 4) is 0 Å². The van der Waals surface area contributed by atoms with E-state index in [1.807, 2.05) is 23.1 Å². The monoisotopic (exact) mass is 221 g/mol. The first-order valence-corrected chi connectivity index (χ1v) is 5.19. The molecule has 6 heteroatoms. The van der Waals surface area contributed by atoms with E-state index in [9.17, 15) is 0 Å². The topological polar surface area (TPSA) is 78.0 Å². The summed E-state index contributed by atoms with van der Waals surface area (Å²) in [4.78, 5) is 8.32. The number of piperazine rings is 1. The number of nitrogens with zero attached hydrogens (tertiary/aromatic N) is 4. The molecule has 0 aliphatic carbocycles. The van der Waals surface area contributed by atoms with Crippen molar-refractivity contribution >= 4 is 11.8 Å². The van der Waals surface area contributed by atoms with Crippen LogP contribution < -0.4 is 10.6 Å². The number of aromatic nitrogens is 1. The fraction of sp³-hybridized carbons (Fsp3) is 0.400. The van der Waals surface area contributed by atoms with Crippen LogP contribution in [0.15, 0.2) is 29.6 Å². The molecule has 0 bridgehead atoms. The molecule has 1 saturated heterocycles. The van der Waals surface area contributed by atoms with E-state index in [2.05, 4.69) is 15.0 Å². The summed E-state index contributed by atoms with van der Waals surface area (Å²) >= 11 is 0. The minimum absolute atomic E-state index is 0.181. The largest absolute Gasteiger partial charge is 0.408 e. The van der Waals surface area contributed by atoms with Gasteiger partial charge in [-0.05, 0) is 12.1 Å². The van der Waals surface area contributed by atoms with E-state index in [1.54, 1.807) is 6.20 Å². The summed E-state index contributed by atoms with van der Waals surface area (Å²) in [5, 5.41) is 11.6.